The molecule has 0 radical (unpaired) electrons. The monoisotopic (exact) mass is 390 g/mol. The smallest absolute Gasteiger partial charge is 0.230 e. The topological polar surface area (TPSA) is 57.7 Å². The zero-order chi connectivity index (χ0) is 19.7. The molecule has 27 heavy (non-hydrogen) atoms. The fourth-order valence-corrected chi connectivity index (χ4v) is 5.56. The summed E-state index contributed by atoms with van der Waals surface area (Å²) in [6, 6.07) is 8.45. The van der Waals surface area contributed by atoms with Crippen LogP contribution in [0.3, 0.4) is 0 Å². The zero-order valence-electron chi connectivity index (χ0n) is 16.4. The van der Waals surface area contributed by atoms with Crippen LogP contribution in [0.25, 0.3) is 0 Å². The lowest BCUT2D eigenvalue weighted by molar-refractivity contribution is -0.146. The lowest BCUT2D eigenvalue weighted by atomic mass is 9.78. The van der Waals surface area contributed by atoms with E-state index in [9.17, 15) is 13.2 Å². The van der Waals surface area contributed by atoms with Crippen molar-refractivity contribution in [2.75, 3.05) is 25.4 Å². The van der Waals surface area contributed by atoms with Crippen molar-refractivity contribution in [1.29, 1.82) is 0 Å². The third-order valence-corrected chi connectivity index (χ3v) is 7.64. The van der Waals surface area contributed by atoms with Gasteiger partial charge in [0, 0.05) is 26.2 Å². The van der Waals surface area contributed by atoms with Gasteiger partial charge in [-0.1, -0.05) is 44.2 Å². The standard InChI is InChI=1S/C21H30N2O3S/c1-4-14-27(25,26)23-13-11-21(16-23)10-5-12-22(20(21)24)15-18-6-8-19(9-7-18)17(2)3/h4,6-9,17H,1,5,10-16H2,2-3H3/t21-/m1/s1. The van der Waals surface area contributed by atoms with Crippen LogP contribution in [0.4, 0.5) is 0 Å². The number of likely N-dealkylation sites (tertiary alicyclic amines) is 1. The molecule has 1 atom stereocenters. The molecule has 148 valence electrons. The molecule has 5 nitrogen and oxygen atoms in total. The first kappa shape index (κ1) is 20.1. The van der Waals surface area contributed by atoms with Gasteiger partial charge in [0.2, 0.25) is 15.9 Å². The normalized spacial score (nSPS) is 24.1. The van der Waals surface area contributed by atoms with E-state index >= 15 is 0 Å². The Kier molecular flexibility index (Phi) is 5.77. The molecule has 0 unspecified atom stereocenters. The minimum absolute atomic E-state index is 0.0663. The number of carbonyl (C=O) groups is 1. The van der Waals surface area contributed by atoms with Crippen molar-refractivity contribution in [1.82, 2.24) is 9.21 Å². The van der Waals surface area contributed by atoms with Crippen molar-refractivity contribution in [2.24, 2.45) is 5.41 Å². The second kappa shape index (κ2) is 7.76. The average Bonchev–Trinajstić information content (AvgIpc) is 3.06. The number of nitrogens with zero attached hydrogens (tertiary/aromatic N) is 2. The number of hydrogen-bond donors (Lipinski definition) is 0. The number of rotatable bonds is 6. The van der Waals surface area contributed by atoms with Gasteiger partial charge in [0.15, 0.2) is 0 Å². The van der Waals surface area contributed by atoms with E-state index < -0.39 is 15.4 Å². The summed E-state index contributed by atoms with van der Waals surface area (Å²) in [5.41, 5.74) is 1.86. The molecule has 1 spiro atoms. The van der Waals surface area contributed by atoms with E-state index in [4.69, 9.17) is 0 Å². The highest BCUT2D eigenvalue weighted by atomic mass is 32.2. The molecule has 0 aromatic heterocycles. The highest BCUT2D eigenvalue weighted by Gasteiger charge is 2.50. The van der Waals surface area contributed by atoms with Crippen LogP contribution in [0.15, 0.2) is 36.9 Å². The first-order valence-electron chi connectivity index (χ1n) is 9.74. The Hall–Kier alpha value is -1.66. The van der Waals surface area contributed by atoms with Crippen LogP contribution in [0.1, 0.15) is 50.2 Å². The number of piperidine rings is 1. The van der Waals surface area contributed by atoms with E-state index in [1.165, 1.54) is 15.9 Å². The summed E-state index contributed by atoms with van der Waals surface area (Å²) in [7, 11) is -3.35. The Morgan fingerprint density at radius 1 is 1.19 bits per heavy atom. The number of amides is 1. The number of sulfonamides is 1. The summed E-state index contributed by atoms with van der Waals surface area (Å²) in [6.07, 6.45) is 3.72. The molecule has 0 saturated carbocycles. The van der Waals surface area contributed by atoms with Gasteiger partial charge in [-0.05, 0) is 36.3 Å². The molecule has 2 aliphatic rings. The zero-order valence-corrected chi connectivity index (χ0v) is 17.2. The Labute approximate surface area is 163 Å². The molecule has 2 aliphatic heterocycles. The van der Waals surface area contributed by atoms with Crippen molar-refractivity contribution in [2.45, 2.75) is 45.6 Å². The predicted molar refractivity (Wildman–Crippen MR) is 108 cm³/mol. The van der Waals surface area contributed by atoms with Gasteiger partial charge in [-0.25, -0.2) is 12.7 Å². The molecule has 3 rings (SSSR count). The van der Waals surface area contributed by atoms with Gasteiger partial charge in [-0.3, -0.25) is 4.79 Å². The summed E-state index contributed by atoms with van der Waals surface area (Å²) >= 11 is 0. The van der Waals surface area contributed by atoms with E-state index in [0.29, 0.717) is 32.0 Å². The van der Waals surface area contributed by atoms with Crippen LogP contribution in [-0.4, -0.2) is 48.9 Å². The Morgan fingerprint density at radius 2 is 1.89 bits per heavy atom. The van der Waals surface area contributed by atoms with Crippen molar-refractivity contribution < 1.29 is 13.2 Å². The summed E-state index contributed by atoms with van der Waals surface area (Å²) in [4.78, 5) is 15.2. The maximum Gasteiger partial charge on any atom is 0.230 e. The molecule has 0 N–H and O–H groups in total. The van der Waals surface area contributed by atoms with Gasteiger partial charge in [-0.15, -0.1) is 6.58 Å². The second-order valence-electron chi connectivity index (χ2n) is 8.16. The quantitative estimate of drug-likeness (QED) is 0.701. The Bertz CT molecular complexity index is 801. The number of carbonyl (C=O) groups excluding carboxylic acids is 1. The third-order valence-electron chi connectivity index (χ3n) is 5.88. The summed E-state index contributed by atoms with van der Waals surface area (Å²) in [5, 5.41) is 0. The van der Waals surface area contributed by atoms with Crippen LogP contribution in [0.2, 0.25) is 0 Å². The molecular weight excluding hydrogens is 360 g/mol. The summed E-state index contributed by atoms with van der Waals surface area (Å²) < 4.78 is 26.2. The molecule has 0 aliphatic carbocycles. The lowest BCUT2D eigenvalue weighted by Gasteiger charge is -2.39. The molecule has 1 aromatic rings. The number of benzene rings is 1. The van der Waals surface area contributed by atoms with Gasteiger partial charge in [0.25, 0.3) is 0 Å². The largest absolute Gasteiger partial charge is 0.338 e. The molecule has 2 heterocycles. The summed E-state index contributed by atoms with van der Waals surface area (Å²) in [5.74, 6) is 0.530. The lowest BCUT2D eigenvalue weighted by Crippen LogP contribution is -2.50. The summed E-state index contributed by atoms with van der Waals surface area (Å²) in [6.45, 7) is 9.94. The first-order chi connectivity index (χ1) is 12.8. The predicted octanol–water partition coefficient (Wildman–Crippen LogP) is 3.14. The van der Waals surface area contributed by atoms with Gasteiger partial charge in [0.1, 0.15) is 0 Å². The van der Waals surface area contributed by atoms with E-state index in [0.717, 1.165) is 24.9 Å². The van der Waals surface area contributed by atoms with E-state index in [-0.39, 0.29) is 11.7 Å². The maximum atomic E-state index is 13.2. The van der Waals surface area contributed by atoms with Gasteiger partial charge in [0.05, 0.1) is 11.2 Å². The molecule has 2 saturated heterocycles. The van der Waals surface area contributed by atoms with Crippen LogP contribution >= 0.6 is 0 Å². The first-order valence-corrected chi connectivity index (χ1v) is 11.4. The van der Waals surface area contributed by atoms with E-state index in [1.54, 1.807) is 0 Å². The van der Waals surface area contributed by atoms with Gasteiger partial charge >= 0.3 is 0 Å². The minimum atomic E-state index is -3.35. The van der Waals surface area contributed by atoms with Crippen LogP contribution < -0.4 is 0 Å². The van der Waals surface area contributed by atoms with E-state index in [2.05, 4.69) is 44.7 Å². The maximum absolute atomic E-state index is 13.2. The van der Waals surface area contributed by atoms with Crippen LogP contribution in [-0.2, 0) is 21.4 Å². The fraction of sp³-hybridized carbons (Fsp3) is 0.571. The number of hydrogen-bond acceptors (Lipinski definition) is 3. The van der Waals surface area contributed by atoms with E-state index in [1.807, 2.05) is 4.90 Å². The van der Waals surface area contributed by atoms with Crippen LogP contribution in [0.5, 0.6) is 0 Å². The second-order valence-corrected chi connectivity index (χ2v) is 10.2. The molecular formula is C21H30N2O3S. The highest BCUT2D eigenvalue weighted by molar-refractivity contribution is 7.89. The molecule has 2 fully saturated rings. The van der Waals surface area contributed by atoms with Crippen molar-refractivity contribution in [3.8, 4) is 0 Å². The Balaban J connectivity index is 1.71. The Morgan fingerprint density at radius 3 is 2.52 bits per heavy atom. The van der Waals surface area contributed by atoms with Gasteiger partial charge in [-0.2, -0.15) is 0 Å². The highest BCUT2D eigenvalue weighted by Crippen LogP contribution is 2.41. The average molecular weight is 391 g/mol. The van der Waals surface area contributed by atoms with Crippen molar-refractivity contribution >= 4 is 15.9 Å². The third kappa shape index (κ3) is 4.11. The molecule has 1 amide bonds. The minimum Gasteiger partial charge on any atom is -0.338 e. The molecule has 6 heteroatoms. The fourth-order valence-electron chi connectivity index (χ4n) is 4.24. The molecule has 1 aromatic carbocycles. The van der Waals surface area contributed by atoms with Gasteiger partial charge < -0.3 is 4.90 Å². The SMILES string of the molecule is C=CCS(=O)(=O)N1CC[C@]2(CCCN(Cc3ccc(C(C)C)cc3)C2=O)C1. The van der Waals surface area contributed by atoms with Crippen molar-refractivity contribution in [3.63, 3.8) is 0 Å². The van der Waals surface area contributed by atoms with Crippen LogP contribution in [0, 0.1) is 5.41 Å². The molecule has 0 bridgehead atoms. The van der Waals surface area contributed by atoms with Crippen molar-refractivity contribution in [3.05, 3.63) is 48.0 Å².